The third kappa shape index (κ3) is 4.42. The summed E-state index contributed by atoms with van der Waals surface area (Å²) in [6.45, 7) is 6.95. The van der Waals surface area contributed by atoms with Crippen molar-refractivity contribution in [2.24, 2.45) is 5.92 Å². The van der Waals surface area contributed by atoms with Gasteiger partial charge in [-0.2, -0.15) is 0 Å². The van der Waals surface area contributed by atoms with Crippen LogP contribution >= 0.6 is 11.6 Å². The second-order valence-electron chi connectivity index (χ2n) is 11.3. The first-order valence-electron chi connectivity index (χ1n) is 13.1. The predicted octanol–water partition coefficient (Wildman–Crippen LogP) is 4.53. The highest BCUT2D eigenvalue weighted by Crippen LogP contribution is 2.53. The van der Waals surface area contributed by atoms with Crippen molar-refractivity contribution in [1.29, 1.82) is 0 Å². The number of aliphatic hydroxyl groups excluding tert-OH is 1. The van der Waals surface area contributed by atoms with Crippen LogP contribution in [-0.2, 0) is 14.9 Å². The highest BCUT2D eigenvalue weighted by molar-refractivity contribution is 6.32. The van der Waals surface area contributed by atoms with Crippen molar-refractivity contribution < 1.29 is 14.6 Å². The van der Waals surface area contributed by atoms with Crippen LogP contribution in [0.25, 0.3) is 10.8 Å². The number of hydrogen-bond acceptors (Lipinski definition) is 6. The van der Waals surface area contributed by atoms with Gasteiger partial charge in [0, 0.05) is 33.9 Å². The van der Waals surface area contributed by atoms with E-state index < -0.39 is 6.10 Å². The Bertz CT molecular complexity index is 1330. The number of benzene rings is 1. The number of piperidine rings is 1. The molecule has 2 N–H and O–H groups in total. The van der Waals surface area contributed by atoms with Gasteiger partial charge in [0.25, 0.3) is 0 Å². The van der Waals surface area contributed by atoms with Gasteiger partial charge in [-0.15, -0.1) is 0 Å². The number of fused-ring (bicyclic) bond motifs is 1. The van der Waals surface area contributed by atoms with Crippen molar-refractivity contribution in [3.63, 3.8) is 0 Å². The minimum atomic E-state index is -0.452. The lowest BCUT2D eigenvalue weighted by molar-refractivity contribution is -0.117. The largest absolute Gasteiger partial charge is 0.389 e. The van der Waals surface area contributed by atoms with Crippen molar-refractivity contribution in [2.75, 3.05) is 31.6 Å². The van der Waals surface area contributed by atoms with E-state index in [4.69, 9.17) is 16.3 Å². The summed E-state index contributed by atoms with van der Waals surface area (Å²) in [5, 5.41) is 16.2. The maximum atomic E-state index is 13.0. The van der Waals surface area contributed by atoms with Gasteiger partial charge in [-0.25, -0.2) is 4.98 Å². The van der Waals surface area contributed by atoms with Crippen LogP contribution in [0, 0.1) is 5.92 Å². The van der Waals surface area contributed by atoms with E-state index in [1.54, 1.807) is 12.4 Å². The normalized spacial score (nSPS) is 30.5. The number of pyridine rings is 2. The van der Waals surface area contributed by atoms with Crippen molar-refractivity contribution in [1.82, 2.24) is 14.9 Å². The molecule has 194 valence electrons. The fraction of sp³-hybridized carbons (Fsp3) is 0.483. The molecule has 37 heavy (non-hydrogen) atoms. The zero-order valence-corrected chi connectivity index (χ0v) is 22.0. The number of carbonyl (C=O) groups excluding carboxylic acids is 1. The van der Waals surface area contributed by atoms with Gasteiger partial charge >= 0.3 is 0 Å². The molecule has 4 heterocycles. The third-order valence-corrected chi connectivity index (χ3v) is 9.26. The Morgan fingerprint density at radius 1 is 1.16 bits per heavy atom. The molecule has 1 aliphatic carbocycles. The van der Waals surface area contributed by atoms with Crippen molar-refractivity contribution in [3.05, 3.63) is 65.1 Å². The standard InChI is InChI=1S/C29H33ClN4O3/c1-28(24-5-3-4-8-31-24)14-22(28)27(36)33-26-13-19-11-21(23(30)12-20(19)15-32-26)18-6-9-34(10-7-18)29(2)17-37-16-25(29)35/h3-5,8,11-13,15,18,22,25,35H,6-7,9-10,14,16-17H2,1-2H3,(H,32,33,36)/t22?,25-,28?,29+/m0/s1. The van der Waals surface area contributed by atoms with Crippen LogP contribution in [0.4, 0.5) is 5.82 Å². The number of halogens is 1. The number of aliphatic hydroxyl groups is 1. The lowest BCUT2D eigenvalue weighted by Gasteiger charge is -2.43. The van der Waals surface area contributed by atoms with Gasteiger partial charge in [-0.1, -0.05) is 24.6 Å². The fourth-order valence-corrected chi connectivity index (χ4v) is 6.49. The molecule has 3 aromatic rings. The van der Waals surface area contributed by atoms with Crippen LogP contribution in [0.5, 0.6) is 0 Å². The fourth-order valence-electron chi connectivity index (χ4n) is 6.17. The molecule has 7 nitrogen and oxygen atoms in total. The number of carbonyl (C=O) groups is 1. The molecule has 0 spiro atoms. The first kappa shape index (κ1) is 24.7. The molecule has 2 unspecified atom stereocenters. The van der Waals surface area contributed by atoms with E-state index in [-0.39, 0.29) is 22.8 Å². The Labute approximate surface area is 222 Å². The molecule has 1 amide bonds. The summed E-state index contributed by atoms with van der Waals surface area (Å²) in [6, 6.07) is 11.9. The molecular formula is C29H33ClN4O3. The van der Waals surface area contributed by atoms with Gasteiger partial charge in [-0.05, 0) is 86.5 Å². The summed E-state index contributed by atoms with van der Waals surface area (Å²) in [4.78, 5) is 24.3. The molecule has 2 aromatic heterocycles. The molecule has 1 saturated carbocycles. The summed E-state index contributed by atoms with van der Waals surface area (Å²) in [5.41, 5.74) is 1.55. The zero-order valence-electron chi connectivity index (χ0n) is 21.3. The number of likely N-dealkylation sites (tertiary alicyclic amines) is 1. The molecule has 4 atom stereocenters. The van der Waals surface area contributed by atoms with Crippen molar-refractivity contribution >= 4 is 34.1 Å². The second-order valence-corrected chi connectivity index (χ2v) is 11.7. The monoisotopic (exact) mass is 520 g/mol. The van der Waals surface area contributed by atoms with Crippen LogP contribution in [0.15, 0.2) is 48.8 Å². The van der Waals surface area contributed by atoms with Crippen LogP contribution in [-0.4, -0.2) is 63.8 Å². The van der Waals surface area contributed by atoms with Gasteiger partial charge in [0.05, 0.1) is 30.8 Å². The minimum absolute atomic E-state index is 0.0202. The van der Waals surface area contributed by atoms with Crippen LogP contribution in [0.3, 0.4) is 0 Å². The van der Waals surface area contributed by atoms with E-state index in [1.165, 1.54) is 0 Å². The highest BCUT2D eigenvalue weighted by atomic mass is 35.5. The van der Waals surface area contributed by atoms with Crippen LogP contribution in [0.1, 0.15) is 50.3 Å². The average molecular weight is 521 g/mol. The molecule has 1 aromatic carbocycles. The number of rotatable bonds is 5. The highest BCUT2D eigenvalue weighted by Gasteiger charge is 2.56. The van der Waals surface area contributed by atoms with Gasteiger partial charge in [-0.3, -0.25) is 14.7 Å². The topological polar surface area (TPSA) is 87.6 Å². The first-order valence-corrected chi connectivity index (χ1v) is 13.5. The molecule has 2 aliphatic heterocycles. The Balaban J connectivity index is 1.16. The number of nitrogens with zero attached hydrogens (tertiary/aromatic N) is 3. The molecule has 3 fully saturated rings. The number of amides is 1. The van der Waals surface area contributed by atoms with Gasteiger partial charge in [0.1, 0.15) is 5.82 Å². The number of anilines is 1. The van der Waals surface area contributed by atoms with E-state index >= 15 is 0 Å². The molecule has 2 saturated heterocycles. The molecule has 6 rings (SSSR count). The van der Waals surface area contributed by atoms with Gasteiger partial charge in [0.15, 0.2) is 0 Å². The zero-order chi connectivity index (χ0) is 25.8. The third-order valence-electron chi connectivity index (χ3n) is 8.94. The van der Waals surface area contributed by atoms with Gasteiger partial charge in [0.2, 0.25) is 5.91 Å². The van der Waals surface area contributed by atoms with E-state index in [1.807, 2.05) is 30.3 Å². The Kier molecular flexibility index (Phi) is 6.23. The number of hydrogen-bond donors (Lipinski definition) is 2. The van der Waals surface area contributed by atoms with E-state index in [9.17, 15) is 9.90 Å². The first-order chi connectivity index (χ1) is 17.8. The molecular weight excluding hydrogens is 488 g/mol. The number of ether oxygens (including phenoxy) is 1. The molecule has 8 heteroatoms. The molecule has 0 radical (unpaired) electrons. The van der Waals surface area contributed by atoms with Crippen LogP contribution < -0.4 is 5.32 Å². The van der Waals surface area contributed by atoms with E-state index in [0.717, 1.165) is 59.4 Å². The van der Waals surface area contributed by atoms with Crippen molar-refractivity contribution in [3.8, 4) is 0 Å². The Morgan fingerprint density at radius 2 is 1.97 bits per heavy atom. The SMILES string of the molecule is CC1(c2ccccn2)CC1C(=O)Nc1cc2cc(C3CCN([C@]4(C)COC[C@@H]4O)CC3)c(Cl)cc2cn1. The lowest BCUT2D eigenvalue weighted by atomic mass is 9.85. The Morgan fingerprint density at radius 3 is 2.68 bits per heavy atom. The number of nitrogens with one attached hydrogen (secondary N) is 1. The predicted molar refractivity (Wildman–Crippen MR) is 144 cm³/mol. The summed E-state index contributed by atoms with van der Waals surface area (Å²) in [5.74, 6) is 0.761. The number of aromatic nitrogens is 2. The lowest BCUT2D eigenvalue weighted by Crippen LogP contribution is -2.56. The Hall–Kier alpha value is -2.58. The smallest absolute Gasteiger partial charge is 0.229 e. The summed E-state index contributed by atoms with van der Waals surface area (Å²) < 4.78 is 5.54. The summed E-state index contributed by atoms with van der Waals surface area (Å²) >= 11 is 6.74. The molecule has 0 bridgehead atoms. The van der Waals surface area contributed by atoms with Crippen molar-refractivity contribution in [2.45, 2.75) is 56.1 Å². The summed E-state index contributed by atoms with van der Waals surface area (Å²) in [6.07, 6.45) is 5.82. The van der Waals surface area contributed by atoms with E-state index in [2.05, 4.69) is 40.1 Å². The quantitative estimate of drug-likeness (QED) is 0.514. The maximum Gasteiger partial charge on any atom is 0.229 e. The molecule has 3 aliphatic rings. The van der Waals surface area contributed by atoms with E-state index in [0.29, 0.717) is 24.9 Å². The van der Waals surface area contributed by atoms with Gasteiger partial charge < -0.3 is 15.2 Å². The minimum Gasteiger partial charge on any atom is -0.389 e. The maximum absolute atomic E-state index is 13.0. The van der Waals surface area contributed by atoms with Crippen LogP contribution in [0.2, 0.25) is 5.02 Å². The summed E-state index contributed by atoms with van der Waals surface area (Å²) in [7, 11) is 0. The second kappa shape index (κ2) is 9.31. The average Bonchev–Trinajstić information content (AvgIpc) is 3.50.